The maximum absolute atomic E-state index is 12.3. The molecule has 1 aliphatic heterocycles. The Morgan fingerprint density at radius 3 is 2.78 bits per heavy atom. The Balaban J connectivity index is 1.90. The molecule has 1 saturated heterocycles. The van der Waals surface area contributed by atoms with Gasteiger partial charge in [-0.2, -0.15) is 0 Å². The molecule has 1 aliphatic carbocycles. The number of fused-ring (bicyclic) bond motifs is 1. The standard InChI is InChI=1S/C14H14O4/c1-9(15)18-14-7-8-17-13(14)11(12(14)16)10-5-3-2-4-6-10/h2-6,11,13H,7-8H2,1H3/t11?,13-,14-/m1/s1. The van der Waals surface area contributed by atoms with Gasteiger partial charge < -0.3 is 9.47 Å². The molecule has 1 aromatic rings. The maximum atomic E-state index is 12.3. The van der Waals surface area contributed by atoms with Crippen molar-refractivity contribution >= 4 is 11.8 Å². The van der Waals surface area contributed by atoms with Gasteiger partial charge >= 0.3 is 5.97 Å². The SMILES string of the molecule is CC(=O)O[C@@]12CCO[C@@H]1C(c1ccccc1)C2=O. The number of ether oxygens (including phenoxy) is 2. The molecular weight excluding hydrogens is 232 g/mol. The van der Waals surface area contributed by atoms with Crippen molar-refractivity contribution < 1.29 is 19.1 Å². The Hall–Kier alpha value is -1.68. The molecule has 4 heteroatoms. The lowest BCUT2D eigenvalue weighted by Crippen LogP contribution is -2.65. The molecule has 1 aromatic carbocycles. The fraction of sp³-hybridized carbons (Fsp3) is 0.429. The summed E-state index contributed by atoms with van der Waals surface area (Å²) in [5, 5.41) is 0. The highest BCUT2D eigenvalue weighted by Gasteiger charge is 2.68. The Morgan fingerprint density at radius 1 is 1.39 bits per heavy atom. The zero-order valence-electron chi connectivity index (χ0n) is 10.1. The van der Waals surface area contributed by atoms with E-state index in [4.69, 9.17) is 9.47 Å². The van der Waals surface area contributed by atoms with Crippen LogP contribution in [0, 0.1) is 0 Å². The fourth-order valence-electron chi connectivity index (χ4n) is 2.95. The quantitative estimate of drug-likeness (QED) is 0.741. The van der Waals surface area contributed by atoms with E-state index in [1.807, 2.05) is 30.3 Å². The Bertz CT molecular complexity index is 496. The third kappa shape index (κ3) is 1.42. The average Bonchev–Trinajstić information content (AvgIpc) is 2.70. The number of benzene rings is 1. The van der Waals surface area contributed by atoms with Crippen LogP contribution in [0.2, 0.25) is 0 Å². The second-order valence-electron chi connectivity index (χ2n) is 4.78. The molecule has 1 saturated carbocycles. The van der Waals surface area contributed by atoms with E-state index >= 15 is 0 Å². The van der Waals surface area contributed by atoms with Crippen molar-refractivity contribution in [3.63, 3.8) is 0 Å². The normalized spacial score (nSPS) is 33.7. The number of ketones is 1. The first kappa shape index (κ1) is 11.4. The molecule has 18 heavy (non-hydrogen) atoms. The van der Waals surface area contributed by atoms with Crippen LogP contribution in [0.5, 0.6) is 0 Å². The van der Waals surface area contributed by atoms with Gasteiger partial charge in [0, 0.05) is 13.3 Å². The van der Waals surface area contributed by atoms with Crippen molar-refractivity contribution in [2.45, 2.75) is 31.0 Å². The van der Waals surface area contributed by atoms with Gasteiger partial charge in [-0.05, 0) is 5.56 Å². The van der Waals surface area contributed by atoms with Gasteiger partial charge in [0.05, 0.1) is 12.5 Å². The number of rotatable bonds is 2. The molecule has 1 unspecified atom stereocenters. The van der Waals surface area contributed by atoms with Gasteiger partial charge in [-0.25, -0.2) is 0 Å². The maximum Gasteiger partial charge on any atom is 0.303 e. The lowest BCUT2D eigenvalue weighted by molar-refractivity contribution is -0.191. The number of carbonyl (C=O) groups is 2. The number of carbonyl (C=O) groups excluding carboxylic acids is 2. The minimum absolute atomic E-state index is 0.0357. The predicted molar refractivity (Wildman–Crippen MR) is 63.0 cm³/mol. The van der Waals surface area contributed by atoms with Crippen LogP contribution in [0.4, 0.5) is 0 Å². The van der Waals surface area contributed by atoms with Crippen LogP contribution < -0.4 is 0 Å². The molecule has 2 aliphatic rings. The van der Waals surface area contributed by atoms with E-state index in [1.165, 1.54) is 6.92 Å². The molecule has 0 N–H and O–H groups in total. The third-order valence-corrected chi connectivity index (χ3v) is 3.72. The van der Waals surface area contributed by atoms with Gasteiger partial charge in [-0.1, -0.05) is 30.3 Å². The summed E-state index contributed by atoms with van der Waals surface area (Å²) in [6, 6.07) is 9.50. The first-order valence-electron chi connectivity index (χ1n) is 6.05. The van der Waals surface area contributed by atoms with Crippen LogP contribution >= 0.6 is 0 Å². The summed E-state index contributed by atoms with van der Waals surface area (Å²) in [4.78, 5) is 23.5. The highest BCUT2D eigenvalue weighted by atomic mass is 16.6. The van der Waals surface area contributed by atoms with Crippen LogP contribution in [0.25, 0.3) is 0 Å². The molecule has 3 atom stereocenters. The predicted octanol–water partition coefficient (Wildman–Crippen LogP) is 1.44. The monoisotopic (exact) mass is 246 g/mol. The molecule has 0 amide bonds. The molecule has 0 radical (unpaired) electrons. The summed E-state index contributed by atoms with van der Waals surface area (Å²) in [6.07, 6.45) is 0.149. The Labute approximate surface area is 105 Å². The smallest absolute Gasteiger partial charge is 0.303 e. The van der Waals surface area contributed by atoms with Crippen molar-refractivity contribution in [1.82, 2.24) is 0 Å². The summed E-state index contributed by atoms with van der Waals surface area (Å²) in [5.74, 6) is -0.759. The van der Waals surface area contributed by atoms with Crippen molar-refractivity contribution in [2.24, 2.45) is 0 Å². The van der Waals surface area contributed by atoms with Crippen LogP contribution in [0.1, 0.15) is 24.8 Å². The van der Waals surface area contributed by atoms with E-state index in [9.17, 15) is 9.59 Å². The zero-order valence-corrected chi connectivity index (χ0v) is 10.1. The van der Waals surface area contributed by atoms with E-state index in [0.29, 0.717) is 13.0 Å². The summed E-state index contributed by atoms with van der Waals surface area (Å²) >= 11 is 0. The minimum atomic E-state index is -1.02. The van der Waals surface area contributed by atoms with Gasteiger partial charge in [-0.3, -0.25) is 9.59 Å². The number of esters is 1. The highest BCUT2D eigenvalue weighted by Crippen LogP contribution is 2.51. The minimum Gasteiger partial charge on any atom is -0.448 e. The number of hydrogen-bond donors (Lipinski definition) is 0. The van der Waals surface area contributed by atoms with Gasteiger partial charge in [0.1, 0.15) is 6.10 Å². The van der Waals surface area contributed by atoms with Crippen molar-refractivity contribution in [2.75, 3.05) is 6.61 Å². The largest absolute Gasteiger partial charge is 0.448 e. The van der Waals surface area contributed by atoms with E-state index in [0.717, 1.165) is 5.56 Å². The lowest BCUT2D eigenvalue weighted by atomic mass is 9.63. The molecule has 1 heterocycles. The van der Waals surface area contributed by atoms with E-state index in [-0.39, 0.29) is 17.8 Å². The molecule has 0 spiro atoms. The molecule has 4 nitrogen and oxygen atoms in total. The zero-order chi connectivity index (χ0) is 12.8. The van der Waals surface area contributed by atoms with E-state index in [1.54, 1.807) is 0 Å². The van der Waals surface area contributed by atoms with E-state index in [2.05, 4.69) is 0 Å². The van der Waals surface area contributed by atoms with Crippen LogP contribution in [-0.2, 0) is 19.1 Å². The number of Topliss-reactive ketones (excluding diaryl/α,β-unsaturated/α-hetero) is 1. The Kier molecular flexibility index (Phi) is 2.48. The molecule has 3 rings (SSSR count). The number of hydrogen-bond acceptors (Lipinski definition) is 4. The van der Waals surface area contributed by atoms with Crippen LogP contribution in [0.15, 0.2) is 30.3 Å². The molecule has 2 fully saturated rings. The van der Waals surface area contributed by atoms with Gasteiger partial charge in [0.15, 0.2) is 11.4 Å². The summed E-state index contributed by atoms with van der Waals surface area (Å²) in [7, 11) is 0. The Morgan fingerprint density at radius 2 is 2.11 bits per heavy atom. The highest BCUT2D eigenvalue weighted by molar-refractivity contribution is 6.03. The van der Waals surface area contributed by atoms with Crippen molar-refractivity contribution in [3.05, 3.63) is 35.9 Å². The third-order valence-electron chi connectivity index (χ3n) is 3.72. The average molecular weight is 246 g/mol. The van der Waals surface area contributed by atoms with Crippen molar-refractivity contribution in [1.29, 1.82) is 0 Å². The lowest BCUT2D eigenvalue weighted by Gasteiger charge is -2.46. The summed E-state index contributed by atoms with van der Waals surface area (Å²) in [5.41, 5.74) is -0.0935. The first-order chi connectivity index (χ1) is 8.65. The molecule has 0 bridgehead atoms. The van der Waals surface area contributed by atoms with Gasteiger partial charge in [0.2, 0.25) is 0 Å². The fourth-order valence-corrected chi connectivity index (χ4v) is 2.95. The molecule has 94 valence electrons. The first-order valence-corrected chi connectivity index (χ1v) is 6.05. The molecule has 0 aromatic heterocycles. The summed E-state index contributed by atoms with van der Waals surface area (Å²) in [6.45, 7) is 1.79. The second-order valence-corrected chi connectivity index (χ2v) is 4.78. The summed E-state index contributed by atoms with van der Waals surface area (Å²) < 4.78 is 10.8. The van der Waals surface area contributed by atoms with Gasteiger partial charge in [-0.15, -0.1) is 0 Å². The second kappa shape index (κ2) is 3.92. The van der Waals surface area contributed by atoms with E-state index < -0.39 is 11.6 Å². The van der Waals surface area contributed by atoms with Gasteiger partial charge in [0.25, 0.3) is 0 Å². The van der Waals surface area contributed by atoms with Crippen LogP contribution in [0.3, 0.4) is 0 Å². The van der Waals surface area contributed by atoms with Crippen molar-refractivity contribution in [3.8, 4) is 0 Å². The topological polar surface area (TPSA) is 52.6 Å². The molecular formula is C14H14O4. The van der Waals surface area contributed by atoms with Crippen LogP contribution in [-0.4, -0.2) is 30.1 Å².